The Kier molecular flexibility index (Phi) is 7.57. The molecule has 2 aromatic carbocycles. The largest absolute Gasteiger partial charge is 0.490 e. The molecule has 0 saturated carbocycles. The third-order valence-corrected chi connectivity index (χ3v) is 4.64. The number of benzene rings is 2. The summed E-state index contributed by atoms with van der Waals surface area (Å²) >= 11 is 6.42. The van der Waals surface area contributed by atoms with Gasteiger partial charge in [0.25, 0.3) is 0 Å². The summed E-state index contributed by atoms with van der Waals surface area (Å²) < 4.78 is 11.5. The molecular weight excluding hydrogens is 374 g/mol. The minimum absolute atomic E-state index is 0.577. The summed E-state index contributed by atoms with van der Waals surface area (Å²) in [4.78, 5) is 7.98. The third-order valence-electron chi connectivity index (χ3n) is 4.35. The highest BCUT2D eigenvalue weighted by Gasteiger charge is 2.12. The summed E-state index contributed by atoms with van der Waals surface area (Å²) in [5.41, 5.74) is 3.20. The standard InChI is InChI=1S/C22H28ClN3O2/c1-3-12-28-22-17(23)13-16(14-20(22)27-4-2)15-24-11-7-10-21-25-18-8-5-6-9-19(18)26-21/h5-6,8-9,13-14,24H,3-4,7,10-12,15H2,1-2H3,(H,25,26). The van der Waals surface area contributed by atoms with Crippen LogP contribution in [0.5, 0.6) is 11.5 Å². The van der Waals surface area contributed by atoms with Crippen LogP contribution >= 0.6 is 11.6 Å². The van der Waals surface area contributed by atoms with Crippen molar-refractivity contribution >= 4 is 22.6 Å². The molecule has 0 saturated heterocycles. The minimum atomic E-state index is 0.577. The van der Waals surface area contributed by atoms with E-state index in [1.807, 2.05) is 37.3 Å². The Morgan fingerprint density at radius 3 is 2.79 bits per heavy atom. The van der Waals surface area contributed by atoms with E-state index in [4.69, 9.17) is 21.1 Å². The van der Waals surface area contributed by atoms with Gasteiger partial charge in [0, 0.05) is 13.0 Å². The predicted octanol–water partition coefficient (Wildman–Crippen LogP) is 5.13. The zero-order valence-electron chi connectivity index (χ0n) is 16.6. The second-order valence-electron chi connectivity index (χ2n) is 6.67. The van der Waals surface area contributed by atoms with Gasteiger partial charge >= 0.3 is 0 Å². The van der Waals surface area contributed by atoms with Gasteiger partial charge in [-0.05, 0) is 56.1 Å². The van der Waals surface area contributed by atoms with Gasteiger partial charge in [-0.2, -0.15) is 0 Å². The molecule has 6 heteroatoms. The van der Waals surface area contributed by atoms with E-state index in [2.05, 4.69) is 28.3 Å². The monoisotopic (exact) mass is 401 g/mol. The van der Waals surface area contributed by atoms with E-state index in [0.29, 0.717) is 29.7 Å². The molecule has 150 valence electrons. The van der Waals surface area contributed by atoms with Gasteiger partial charge in [-0.1, -0.05) is 30.7 Å². The fourth-order valence-corrected chi connectivity index (χ4v) is 3.36. The van der Waals surface area contributed by atoms with Crippen molar-refractivity contribution in [3.8, 4) is 11.5 Å². The highest BCUT2D eigenvalue weighted by Crippen LogP contribution is 2.36. The van der Waals surface area contributed by atoms with Crippen molar-refractivity contribution in [2.75, 3.05) is 19.8 Å². The van der Waals surface area contributed by atoms with Gasteiger partial charge in [0.15, 0.2) is 11.5 Å². The predicted molar refractivity (Wildman–Crippen MR) is 115 cm³/mol. The quantitative estimate of drug-likeness (QED) is 0.437. The number of aromatic amines is 1. The number of ether oxygens (including phenoxy) is 2. The number of hydrogen-bond acceptors (Lipinski definition) is 4. The Labute approximate surface area is 171 Å². The van der Waals surface area contributed by atoms with Crippen molar-refractivity contribution in [3.63, 3.8) is 0 Å². The number of aryl methyl sites for hydroxylation is 1. The Morgan fingerprint density at radius 2 is 2.00 bits per heavy atom. The lowest BCUT2D eigenvalue weighted by molar-refractivity contribution is 0.277. The molecular formula is C22H28ClN3O2. The second-order valence-corrected chi connectivity index (χ2v) is 7.07. The number of fused-ring (bicyclic) bond motifs is 1. The molecule has 2 N–H and O–H groups in total. The average Bonchev–Trinajstić information content (AvgIpc) is 3.10. The van der Waals surface area contributed by atoms with Crippen LogP contribution in [0.2, 0.25) is 5.02 Å². The first kappa shape index (κ1) is 20.5. The minimum Gasteiger partial charge on any atom is -0.490 e. The lowest BCUT2D eigenvalue weighted by Gasteiger charge is -2.15. The van der Waals surface area contributed by atoms with E-state index in [0.717, 1.165) is 54.8 Å². The molecule has 0 unspecified atom stereocenters. The fraction of sp³-hybridized carbons (Fsp3) is 0.409. The normalized spacial score (nSPS) is 11.1. The summed E-state index contributed by atoms with van der Waals surface area (Å²) in [6.45, 7) is 6.85. The molecule has 0 bridgehead atoms. The van der Waals surface area contributed by atoms with Crippen molar-refractivity contribution in [3.05, 3.63) is 52.8 Å². The first-order chi connectivity index (χ1) is 13.7. The van der Waals surface area contributed by atoms with E-state index in [-0.39, 0.29) is 0 Å². The summed E-state index contributed by atoms with van der Waals surface area (Å²) in [5.74, 6) is 2.38. The molecule has 1 heterocycles. The van der Waals surface area contributed by atoms with Gasteiger partial charge in [-0.25, -0.2) is 4.98 Å². The number of para-hydroxylation sites is 2. The van der Waals surface area contributed by atoms with E-state index >= 15 is 0 Å². The number of rotatable bonds is 11. The molecule has 3 rings (SSSR count). The summed E-state index contributed by atoms with van der Waals surface area (Å²) in [6, 6.07) is 12.1. The van der Waals surface area contributed by atoms with E-state index in [1.54, 1.807) is 0 Å². The van der Waals surface area contributed by atoms with Crippen LogP contribution in [0.3, 0.4) is 0 Å². The van der Waals surface area contributed by atoms with Gasteiger partial charge < -0.3 is 19.8 Å². The number of imidazole rings is 1. The van der Waals surface area contributed by atoms with Crippen LogP contribution in [0.15, 0.2) is 36.4 Å². The number of hydrogen-bond donors (Lipinski definition) is 2. The molecule has 0 spiro atoms. The van der Waals surface area contributed by atoms with E-state index < -0.39 is 0 Å². The number of aromatic nitrogens is 2. The maximum Gasteiger partial charge on any atom is 0.179 e. The first-order valence-electron chi connectivity index (χ1n) is 9.93. The fourth-order valence-electron chi connectivity index (χ4n) is 3.07. The van der Waals surface area contributed by atoms with Gasteiger partial charge in [0.2, 0.25) is 0 Å². The Balaban J connectivity index is 1.50. The van der Waals surface area contributed by atoms with Crippen molar-refractivity contribution in [1.29, 1.82) is 0 Å². The van der Waals surface area contributed by atoms with Crippen molar-refractivity contribution in [2.24, 2.45) is 0 Å². The van der Waals surface area contributed by atoms with Crippen LogP contribution in [0.4, 0.5) is 0 Å². The number of H-pyrrole nitrogens is 1. The van der Waals surface area contributed by atoms with Crippen molar-refractivity contribution < 1.29 is 9.47 Å². The van der Waals surface area contributed by atoms with Crippen LogP contribution in [0, 0.1) is 0 Å². The van der Waals surface area contributed by atoms with Gasteiger partial charge in [0.1, 0.15) is 5.82 Å². The number of halogens is 1. The summed E-state index contributed by atoms with van der Waals surface area (Å²) in [5, 5.41) is 4.06. The molecule has 28 heavy (non-hydrogen) atoms. The lowest BCUT2D eigenvalue weighted by Crippen LogP contribution is -2.15. The molecule has 0 aliphatic heterocycles. The summed E-state index contributed by atoms with van der Waals surface area (Å²) in [6.07, 6.45) is 2.84. The molecule has 0 fully saturated rings. The maximum absolute atomic E-state index is 6.42. The SMILES string of the molecule is CCCOc1c(Cl)cc(CNCCCc2nc3ccccc3[nH]2)cc1OCC. The molecule has 0 aliphatic rings. The smallest absolute Gasteiger partial charge is 0.179 e. The topological polar surface area (TPSA) is 59.2 Å². The van der Waals surface area contributed by atoms with Crippen molar-refractivity contribution in [1.82, 2.24) is 15.3 Å². The molecule has 0 atom stereocenters. The third kappa shape index (κ3) is 5.40. The number of nitrogens with one attached hydrogen (secondary N) is 2. The number of nitrogens with zero attached hydrogens (tertiary/aromatic N) is 1. The molecule has 0 radical (unpaired) electrons. The Hall–Kier alpha value is -2.24. The van der Waals surface area contributed by atoms with Crippen LogP contribution in [0.25, 0.3) is 11.0 Å². The average molecular weight is 402 g/mol. The van der Waals surface area contributed by atoms with E-state index in [9.17, 15) is 0 Å². The first-order valence-corrected chi connectivity index (χ1v) is 10.3. The van der Waals surface area contributed by atoms with Crippen molar-refractivity contribution in [2.45, 2.75) is 39.7 Å². The van der Waals surface area contributed by atoms with Gasteiger partial charge in [-0.3, -0.25) is 0 Å². The summed E-state index contributed by atoms with van der Waals surface area (Å²) in [7, 11) is 0. The Morgan fingerprint density at radius 1 is 1.14 bits per heavy atom. The molecule has 5 nitrogen and oxygen atoms in total. The van der Waals surface area contributed by atoms with Gasteiger partial charge in [0.05, 0.1) is 29.3 Å². The zero-order chi connectivity index (χ0) is 19.8. The van der Waals surface area contributed by atoms with Gasteiger partial charge in [-0.15, -0.1) is 0 Å². The van der Waals surface area contributed by atoms with Crippen LogP contribution in [-0.2, 0) is 13.0 Å². The van der Waals surface area contributed by atoms with E-state index in [1.165, 1.54) is 0 Å². The molecule has 0 amide bonds. The lowest BCUT2D eigenvalue weighted by atomic mass is 10.2. The molecule has 0 aliphatic carbocycles. The molecule has 1 aromatic heterocycles. The maximum atomic E-state index is 6.42. The Bertz CT molecular complexity index is 862. The van der Waals surface area contributed by atoms with Crippen LogP contribution < -0.4 is 14.8 Å². The highest BCUT2D eigenvalue weighted by atomic mass is 35.5. The highest BCUT2D eigenvalue weighted by molar-refractivity contribution is 6.32. The van der Waals surface area contributed by atoms with Crippen LogP contribution in [-0.4, -0.2) is 29.7 Å². The zero-order valence-corrected chi connectivity index (χ0v) is 17.3. The second kappa shape index (κ2) is 10.3. The van der Waals surface area contributed by atoms with Crippen LogP contribution in [0.1, 0.15) is 38.1 Å². The molecule has 3 aromatic rings.